The minimum atomic E-state index is -0.475. The molecule has 3 aromatic rings. The van der Waals surface area contributed by atoms with Crippen LogP contribution in [0.25, 0.3) is 11.4 Å². The van der Waals surface area contributed by atoms with E-state index in [4.69, 9.17) is 22.1 Å². The van der Waals surface area contributed by atoms with Gasteiger partial charge in [-0.25, -0.2) is 14.6 Å². The van der Waals surface area contributed by atoms with Crippen LogP contribution >= 0.6 is 11.6 Å². The molecule has 2 N–H and O–H groups in total. The molecule has 0 bridgehead atoms. The summed E-state index contributed by atoms with van der Waals surface area (Å²) in [5.74, 6) is 1.43. The van der Waals surface area contributed by atoms with Crippen molar-refractivity contribution in [2.75, 3.05) is 31.2 Å². The number of morpholine rings is 1. The number of anilines is 1. The molecule has 1 fully saturated rings. The molecule has 0 radical (unpaired) electrons. The van der Waals surface area contributed by atoms with Crippen LogP contribution in [0.4, 0.5) is 5.82 Å². The number of pyridine rings is 1. The molecule has 1 saturated heterocycles. The molecule has 29 heavy (non-hydrogen) atoms. The first-order chi connectivity index (χ1) is 14.1. The molecule has 1 aliphatic heterocycles. The van der Waals surface area contributed by atoms with Gasteiger partial charge in [0.25, 0.3) is 0 Å². The molecule has 150 valence electrons. The van der Waals surface area contributed by atoms with E-state index in [0.29, 0.717) is 36.4 Å². The maximum atomic E-state index is 11.3. The van der Waals surface area contributed by atoms with Gasteiger partial charge < -0.3 is 15.4 Å². The smallest absolute Gasteiger partial charge is 0.225 e. The van der Waals surface area contributed by atoms with Crippen LogP contribution in [-0.2, 0) is 22.5 Å². The van der Waals surface area contributed by atoms with Crippen molar-refractivity contribution >= 4 is 23.3 Å². The molecule has 1 aliphatic rings. The number of nitrogens with two attached hydrogens (primary N) is 1. The number of hydrogen-bond donors (Lipinski definition) is 1. The van der Waals surface area contributed by atoms with Crippen LogP contribution in [0.2, 0.25) is 5.02 Å². The Labute approximate surface area is 173 Å². The van der Waals surface area contributed by atoms with Crippen molar-refractivity contribution in [1.82, 2.24) is 19.7 Å². The average molecular weight is 413 g/mol. The Morgan fingerprint density at radius 1 is 1.21 bits per heavy atom. The fourth-order valence-corrected chi connectivity index (χ4v) is 3.46. The van der Waals surface area contributed by atoms with Crippen LogP contribution in [0.1, 0.15) is 11.4 Å². The largest absolute Gasteiger partial charge is 0.378 e. The van der Waals surface area contributed by atoms with E-state index in [1.54, 1.807) is 10.9 Å². The van der Waals surface area contributed by atoms with Crippen LogP contribution in [0.15, 0.2) is 42.6 Å². The second-order valence-corrected chi connectivity index (χ2v) is 7.22. The molecule has 0 saturated carbocycles. The fourth-order valence-electron chi connectivity index (χ4n) is 3.25. The minimum Gasteiger partial charge on any atom is -0.378 e. The molecule has 1 aromatic carbocycles. The molecular weight excluding hydrogens is 392 g/mol. The van der Waals surface area contributed by atoms with Crippen molar-refractivity contribution in [2.45, 2.75) is 13.0 Å². The van der Waals surface area contributed by atoms with E-state index in [0.717, 1.165) is 30.0 Å². The van der Waals surface area contributed by atoms with Gasteiger partial charge in [0.05, 0.1) is 26.2 Å². The second-order valence-electron chi connectivity index (χ2n) is 6.79. The molecule has 0 unspecified atom stereocenters. The maximum Gasteiger partial charge on any atom is 0.225 e. The predicted molar refractivity (Wildman–Crippen MR) is 110 cm³/mol. The number of hydrogen-bond acceptors (Lipinski definition) is 6. The van der Waals surface area contributed by atoms with Crippen molar-refractivity contribution in [1.29, 1.82) is 0 Å². The SMILES string of the molecule is NC(=O)Cc1nc(-c2ccc(N3CCOCC3)nc2)n(Cc2cccc(Cl)c2)n1. The molecule has 0 atom stereocenters. The number of halogens is 1. The van der Waals surface area contributed by atoms with Gasteiger partial charge in [-0.15, -0.1) is 0 Å². The lowest BCUT2D eigenvalue weighted by Crippen LogP contribution is -2.36. The molecule has 2 aromatic heterocycles. The normalized spacial score (nSPS) is 14.2. The van der Waals surface area contributed by atoms with Crippen molar-refractivity contribution in [2.24, 2.45) is 5.73 Å². The Morgan fingerprint density at radius 2 is 2.03 bits per heavy atom. The average Bonchev–Trinajstić information content (AvgIpc) is 3.10. The zero-order chi connectivity index (χ0) is 20.2. The third kappa shape index (κ3) is 4.72. The highest BCUT2D eigenvalue weighted by atomic mass is 35.5. The van der Waals surface area contributed by atoms with Crippen LogP contribution in [0.3, 0.4) is 0 Å². The van der Waals surface area contributed by atoms with Gasteiger partial charge in [0.15, 0.2) is 11.6 Å². The van der Waals surface area contributed by atoms with Crippen molar-refractivity contribution in [3.8, 4) is 11.4 Å². The quantitative estimate of drug-likeness (QED) is 0.663. The molecule has 3 heterocycles. The lowest BCUT2D eigenvalue weighted by molar-refractivity contribution is -0.117. The first kappa shape index (κ1) is 19.4. The third-order valence-electron chi connectivity index (χ3n) is 4.61. The van der Waals surface area contributed by atoms with Gasteiger partial charge in [-0.2, -0.15) is 5.10 Å². The molecule has 1 amide bonds. The van der Waals surface area contributed by atoms with Crippen molar-refractivity contribution in [3.05, 3.63) is 59.0 Å². The van der Waals surface area contributed by atoms with Gasteiger partial charge in [-0.05, 0) is 29.8 Å². The molecule has 0 aliphatic carbocycles. The zero-order valence-corrected chi connectivity index (χ0v) is 16.5. The van der Waals surface area contributed by atoms with Gasteiger partial charge in [0.1, 0.15) is 5.82 Å². The summed E-state index contributed by atoms with van der Waals surface area (Å²) in [5, 5.41) is 5.12. The second kappa shape index (κ2) is 8.59. The van der Waals surface area contributed by atoms with Crippen LogP contribution in [0, 0.1) is 0 Å². The third-order valence-corrected chi connectivity index (χ3v) is 4.85. The zero-order valence-electron chi connectivity index (χ0n) is 15.8. The molecule has 0 spiro atoms. The molecule has 4 rings (SSSR count). The Bertz CT molecular complexity index is 998. The number of primary amides is 1. The van der Waals surface area contributed by atoms with Gasteiger partial charge in [0, 0.05) is 29.9 Å². The van der Waals surface area contributed by atoms with Crippen LogP contribution in [0.5, 0.6) is 0 Å². The molecule has 8 nitrogen and oxygen atoms in total. The Morgan fingerprint density at radius 3 is 2.72 bits per heavy atom. The lowest BCUT2D eigenvalue weighted by atomic mass is 10.2. The number of rotatable bonds is 6. The summed E-state index contributed by atoms with van der Waals surface area (Å²) in [7, 11) is 0. The highest BCUT2D eigenvalue weighted by Crippen LogP contribution is 2.22. The standard InChI is InChI=1S/C20H21ClN6O2/c21-16-3-1-2-14(10-16)13-27-20(24-18(25-27)11-17(22)28)15-4-5-19(23-12-15)26-6-8-29-9-7-26/h1-5,10,12H,6-9,11,13H2,(H2,22,28). The predicted octanol–water partition coefficient (Wildman–Crippen LogP) is 1.91. The van der Waals surface area contributed by atoms with E-state index in [-0.39, 0.29) is 6.42 Å². The van der Waals surface area contributed by atoms with Gasteiger partial charge >= 0.3 is 0 Å². The number of ether oxygens (including phenoxy) is 1. The molecular formula is C20H21ClN6O2. The monoisotopic (exact) mass is 412 g/mol. The number of carbonyl (C=O) groups excluding carboxylic acids is 1. The highest BCUT2D eigenvalue weighted by Gasteiger charge is 2.16. The number of benzene rings is 1. The van der Waals surface area contributed by atoms with Crippen LogP contribution in [-0.4, -0.2) is 52.0 Å². The summed E-state index contributed by atoms with van der Waals surface area (Å²) in [6.07, 6.45) is 1.76. The van der Waals surface area contributed by atoms with E-state index in [2.05, 4.69) is 20.0 Å². The first-order valence-corrected chi connectivity index (χ1v) is 9.72. The van der Waals surface area contributed by atoms with E-state index < -0.39 is 5.91 Å². The summed E-state index contributed by atoms with van der Waals surface area (Å²) in [4.78, 5) is 22.6. The first-order valence-electron chi connectivity index (χ1n) is 9.34. The summed E-state index contributed by atoms with van der Waals surface area (Å²) < 4.78 is 7.14. The number of carbonyl (C=O) groups is 1. The summed E-state index contributed by atoms with van der Waals surface area (Å²) in [5.41, 5.74) is 7.11. The Kier molecular flexibility index (Phi) is 5.73. The topological polar surface area (TPSA) is 99.2 Å². The van der Waals surface area contributed by atoms with Crippen molar-refractivity contribution in [3.63, 3.8) is 0 Å². The van der Waals surface area contributed by atoms with E-state index in [1.807, 2.05) is 36.4 Å². The molecule has 9 heteroatoms. The number of aromatic nitrogens is 4. The van der Waals surface area contributed by atoms with E-state index >= 15 is 0 Å². The summed E-state index contributed by atoms with van der Waals surface area (Å²) in [6.45, 7) is 3.51. The fraction of sp³-hybridized carbons (Fsp3) is 0.300. The van der Waals surface area contributed by atoms with E-state index in [9.17, 15) is 4.79 Å². The minimum absolute atomic E-state index is 0.0190. The van der Waals surface area contributed by atoms with Crippen molar-refractivity contribution < 1.29 is 9.53 Å². The van der Waals surface area contributed by atoms with Gasteiger partial charge in [-0.1, -0.05) is 23.7 Å². The maximum absolute atomic E-state index is 11.3. The van der Waals surface area contributed by atoms with Crippen LogP contribution < -0.4 is 10.6 Å². The number of amides is 1. The van der Waals surface area contributed by atoms with E-state index in [1.165, 1.54) is 0 Å². The highest BCUT2D eigenvalue weighted by molar-refractivity contribution is 6.30. The Balaban J connectivity index is 1.64. The lowest BCUT2D eigenvalue weighted by Gasteiger charge is -2.27. The summed E-state index contributed by atoms with van der Waals surface area (Å²) >= 11 is 6.10. The Hall–Kier alpha value is -2.97. The van der Waals surface area contributed by atoms with Gasteiger partial charge in [-0.3, -0.25) is 4.79 Å². The number of nitrogens with zero attached hydrogens (tertiary/aromatic N) is 5. The van der Waals surface area contributed by atoms with Gasteiger partial charge in [0.2, 0.25) is 5.91 Å². The summed E-state index contributed by atoms with van der Waals surface area (Å²) in [6, 6.07) is 11.5.